The molecule has 0 bridgehead atoms. The molecule has 2 fully saturated rings. The molecule has 0 radical (unpaired) electrons. The van der Waals surface area contributed by atoms with Crippen molar-refractivity contribution in [3.8, 4) is 0 Å². The molecule has 7 nitrogen and oxygen atoms in total. The molecule has 0 aromatic heterocycles. The summed E-state index contributed by atoms with van der Waals surface area (Å²) in [4.78, 5) is 35.1. The van der Waals surface area contributed by atoms with Crippen molar-refractivity contribution in [2.75, 3.05) is 42.9 Å². The van der Waals surface area contributed by atoms with Crippen LogP contribution in [0.1, 0.15) is 0 Å². The average Bonchev–Trinajstić information content (AvgIpc) is 3.09. The monoisotopic (exact) mass is 342 g/mol. The Morgan fingerprint density at radius 1 is 1.00 bits per heavy atom. The Morgan fingerprint density at radius 3 is 1.85 bits per heavy atom. The van der Waals surface area contributed by atoms with Gasteiger partial charge < -0.3 is 21.3 Å². The van der Waals surface area contributed by atoms with Crippen molar-refractivity contribution in [2.24, 2.45) is 11.5 Å². The topological polar surface area (TPSA) is 110 Å². The van der Waals surface area contributed by atoms with E-state index in [4.69, 9.17) is 11.5 Å². The van der Waals surface area contributed by atoms with Crippen molar-refractivity contribution in [2.45, 2.75) is 0 Å². The fraction of sp³-hybridized carbons (Fsp3) is 0.700. The molecule has 0 aromatic rings. The van der Waals surface area contributed by atoms with Gasteiger partial charge in [0.2, 0.25) is 5.91 Å². The number of carbonyl (C=O) groups excluding carboxylic acids is 3. The van der Waals surface area contributed by atoms with Crippen molar-refractivity contribution in [3.05, 3.63) is 0 Å². The maximum absolute atomic E-state index is 10.8. The zero-order valence-electron chi connectivity index (χ0n) is 10.9. The van der Waals surface area contributed by atoms with Gasteiger partial charge in [0.15, 0.2) is 0 Å². The molecule has 0 saturated carbocycles. The van der Waals surface area contributed by atoms with E-state index in [1.807, 2.05) is 0 Å². The smallest absolute Gasteiger partial charge is 0.312 e. The highest BCUT2D eigenvalue weighted by molar-refractivity contribution is 7.99. The highest BCUT2D eigenvalue weighted by Crippen LogP contribution is 2.12. The van der Waals surface area contributed by atoms with E-state index in [0.717, 1.165) is 23.9 Å². The molecule has 0 aromatic carbocycles. The Bertz CT molecular complexity index is 347. The molecule has 0 unspecified atom stereocenters. The third-order valence-corrected chi connectivity index (χ3v) is 4.46. The fourth-order valence-electron chi connectivity index (χ4n) is 1.47. The summed E-state index contributed by atoms with van der Waals surface area (Å²) in [5.74, 6) is 2.04. The fourth-order valence-corrected chi connectivity index (χ4v) is 3.39. The maximum Gasteiger partial charge on any atom is 0.312 e. The SMILES string of the molecule is Cl.NC(=O)C(=O)N1CCSC1.NCC(=O)N1CCSC1. The van der Waals surface area contributed by atoms with E-state index in [1.54, 1.807) is 28.4 Å². The van der Waals surface area contributed by atoms with Crippen LogP contribution in [-0.4, -0.2) is 70.4 Å². The molecule has 2 saturated heterocycles. The van der Waals surface area contributed by atoms with Crippen LogP contribution in [0.25, 0.3) is 0 Å². The van der Waals surface area contributed by atoms with Crippen molar-refractivity contribution in [3.63, 3.8) is 0 Å². The minimum atomic E-state index is -0.859. The second-order valence-corrected chi connectivity index (χ2v) is 6.02. The highest BCUT2D eigenvalue weighted by Gasteiger charge is 2.21. The molecular weight excluding hydrogens is 324 g/mol. The van der Waals surface area contributed by atoms with Gasteiger partial charge in [-0.1, -0.05) is 0 Å². The van der Waals surface area contributed by atoms with E-state index in [1.165, 1.54) is 4.90 Å². The van der Waals surface area contributed by atoms with Crippen LogP contribution in [0.2, 0.25) is 0 Å². The lowest BCUT2D eigenvalue weighted by molar-refractivity contribution is -0.143. The largest absolute Gasteiger partial charge is 0.361 e. The van der Waals surface area contributed by atoms with E-state index in [2.05, 4.69) is 0 Å². The van der Waals surface area contributed by atoms with E-state index in [9.17, 15) is 14.4 Å². The molecule has 0 atom stereocenters. The maximum atomic E-state index is 10.8. The van der Waals surface area contributed by atoms with Crippen LogP contribution in [0, 0.1) is 0 Å². The van der Waals surface area contributed by atoms with Crippen LogP contribution in [0.5, 0.6) is 0 Å². The van der Waals surface area contributed by atoms with Crippen LogP contribution < -0.4 is 11.5 Å². The number of amides is 3. The van der Waals surface area contributed by atoms with Gasteiger partial charge in [-0.25, -0.2) is 0 Å². The Balaban J connectivity index is 0.000000345. The Morgan fingerprint density at radius 2 is 1.50 bits per heavy atom. The summed E-state index contributed by atoms with van der Waals surface area (Å²) >= 11 is 3.40. The molecular formula is C10H19ClN4O3S2. The summed E-state index contributed by atoms with van der Waals surface area (Å²) in [6.07, 6.45) is 0. The Labute approximate surface area is 132 Å². The van der Waals surface area contributed by atoms with Crippen LogP contribution in [0.4, 0.5) is 0 Å². The first-order valence-electron chi connectivity index (χ1n) is 5.78. The predicted octanol–water partition coefficient (Wildman–Crippen LogP) is -1.10. The van der Waals surface area contributed by atoms with Gasteiger partial charge in [0.05, 0.1) is 18.3 Å². The highest BCUT2D eigenvalue weighted by atomic mass is 35.5. The van der Waals surface area contributed by atoms with Gasteiger partial charge >= 0.3 is 11.8 Å². The molecule has 4 N–H and O–H groups in total. The van der Waals surface area contributed by atoms with Gasteiger partial charge in [-0.2, -0.15) is 0 Å². The van der Waals surface area contributed by atoms with Gasteiger partial charge in [-0.3, -0.25) is 14.4 Å². The number of hydrogen-bond acceptors (Lipinski definition) is 6. The lowest BCUT2D eigenvalue weighted by atomic mass is 10.5. The minimum absolute atomic E-state index is 0. The molecule has 2 rings (SSSR count). The van der Waals surface area contributed by atoms with Gasteiger partial charge in [0.1, 0.15) is 0 Å². The van der Waals surface area contributed by atoms with Gasteiger partial charge in [-0.15, -0.1) is 35.9 Å². The average molecular weight is 343 g/mol. The minimum Gasteiger partial charge on any atom is -0.361 e. The quantitative estimate of drug-likeness (QED) is 0.586. The van der Waals surface area contributed by atoms with Crippen LogP contribution in [-0.2, 0) is 14.4 Å². The standard InChI is InChI=1S/C5H8N2O2S.C5H10N2OS.ClH/c6-4(8)5(9)7-1-2-10-3-7;6-3-5(8)7-1-2-9-4-7;/h1-3H2,(H2,6,8);1-4,6H2;1H. The van der Waals surface area contributed by atoms with Crippen LogP contribution in [0.15, 0.2) is 0 Å². The lowest BCUT2D eigenvalue weighted by Gasteiger charge is -2.11. The zero-order chi connectivity index (χ0) is 14.3. The summed E-state index contributed by atoms with van der Waals surface area (Å²) in [6, 6.07) is 0. The first-order chi connectivity index (χ1) is 9.06. The molecule has 10 heteroatoms. The third kappa shape index (κ3) is 6.21. The molecule has 20 heavy (non-hydrogen) atoms. The number of hydrogen-bond donors (Lipinski definition) is 2. The summed E-state index contributed by atoms with van der Waals surface area (Å²) in [5, 5.41) is 0. The van der Waals surface area contributed by atoms with Gasteiger partial charge in [0, 0.05) is 24.6 Å². The van der Waals surface area contributed by atoms with Crippen molar-refractivity contribution in [1.82, 2.24) is 9.80 Å². The van der Waals surface area contributed by atoms with E-state index in [-0.39, 0.29) is 24.9 Å². The number of primary amides is 1. The summed E-state index contributed by atoms with van der Waals surface area (Å²) in [7, 11) is 0. The first-order valence-corrected chi connectivity index (χ1v) is 8.09. The summed E-state index contributed by atoms with van der Waals surface area (Å²) in [6.45, 7) is 1.67. The number of nitrogens with two attached hydrogens (primary N) is 2. The van der Waals surface area contributed by atoms with Crippen LogP contribution in [0.3, 0.4) is 0 Å². The molecule has 3 amide bonds. The number of halogens is 1. The summed E-state index contributed by atoms with van der Waals surface area (Å²) < 4.78 is 0. The van der Waals surface area contributed by atoms with Gasteiger partial charge in [0.25, 0.3) is 0 Å². The number of thioether (sulfide) groups is 2. The molecule has 2 aliphatic heterocycles. The Kier molecular flexibility index (Phi) is 9.82. The van der Waals surface area contributed by atoms with E-state index >= 15 is 0 Å². The number of nitrogens with zero attached hydrogens (tertiary/aromatic N) is 2. The zero-order valence-corrected chi connectivity index (χ0v) is 13.4. The predicted molar refractivity (Wildman–Crippen MR) is 83.6 cm³/mol. The van der Waals surface area contributed by atoms with Gasteiger partial charge in [-0.05, 0) is 0 Å². The van der Waals surface area contributed by atoms with Crippen molar-refractivity contribution < 1.29 is 14.4 Å². The Hall–Kier alpha value is -0.640. The molecule has 2 aliphatic rings. The van der Waals surface area contributed by atoms with E-state index in [0.29, 0.717) is 12.4 Å². The number of rotatable bonds is 1. The van der Waals surface area contributed by atoms with Crippen molar-refractivity contribution >= 4 is 53.7 Å². The summed E-state index contributed by atoms with van der Waals surface area (Å²) in [5.41, 5.74) is 9.93. The van der Waals surface area contributed by atoms with Crippen LogP contribution >= 0.6 is 35.9 Å². The lowest BCUT2D eigenvalue weighted by Crippen LogP contribution is -2.38. The normalized spacial score (nSPS) is 17.1. The van der Waals surface area contributed by atoms with E-state index < -0.39 is 11.8 Å². The first kappa shape index (κ1) is 19.4. The third-order valence-electron chi connectivity index (χ3n) is 2.53. The molecule has 0 spiro atoms. The van der Waals surface area contributed by atoms with Crippen molar-refractivity contribution in [1.29, 1.82) is 0 Å². The molecule has 0 aliphatic carbocycles. The molecule has 2 heterocycles. The number of carbonyl (C=O) groups is 3. The second kappa shape index (κ2) is 10.1. The molecule has 116 valence electrons. The second-order valence-electron chi connectivity index (χ2n) is 3.87.